The second kappa shape index (κ2) is 4.99. The van der Waals surface area contributed by atoms with Crippen LogP contribution in [0.2, 0.25) is 0 Å². The van der Waals surface area contributed by atoms with Gasteiger partial charge in [-0.3, -0.25) is 0 Å². The minimum absolute atomic E-state index is 0.143. The first-order valence-corrected chi connectivity index (χ1v) is 4.75. The molecule has 1 aromatic carbocycles. The van der Waals surface area contributed by atoms with Gasteiger partial charge < -0.3 is 5.73 Å². The zero-order valence-electron chi connectivity index (χ0n) is 8.46. The number of nitriles is 1. The van der Waals surface area contributed by atoms with Gasteiger partial charge in [0, 0.05) is 0 Å². The summed E-state index contributed by atoms with van der Waals surface area (Å²) in [4.78, 5) is 0. The van der Waals surface area contributed by atoms with Crippen molar-refractivity contribution in [3.63, 3.8) is 0 Å². The lowest BCUT2D eigenvalue weighted by Crippen LogP contribution is -2.37. The summed E-state index contributed by atoms with van der Waals surface area (Å²) in [6.07, 6.45) is -4.23. The molecule has 0 spiro atoms. The van der Waals surface area contributed by atoms with Crippen molar-refractivity contribution >= 4 is 0 Å². The lowest BCUT2D eigenvalue weighted by atomic mass is 10.0. The first kappa shape index (κ1) is 12.5. The van der Waals surface area contributed by atoms with Gasteiger partial charge in [0.15, 0.2) is 0 Å². The minimum atomic E-state index is -4.34. The Kier molecular flexibility index (Phi) is 3.91. The fourth-order valence-electron chi connectivity index (χ4n) is 1.23. The summed E-state index contributed by atoms with van der Waals surface area (Å²) in [5, 5.41) is 8.53. The molecule has 0 fully saturated rings. The highest BCUT2D eigenvalue weighted by atomic mass is 19.4. The van der Waals surface area contributed by atoms with Gasteiger partial charge in [-0.25, -0.2) is 0 Å². The average Bonchev–Trinajstić information content (AvgIpc) is 2.25. The van der Waals surface area contributed by atoms with Gasteiger partial charge in [-0.05, 0) is 30.5 Å². The Balaban J connectivity index is 2.53. The van der Waals surface area contributed by atoms with Crippen LogP contribution >= 0.6 is 0 Å². The Labute approximate surface area is 91.5 Å². The molecule has 0 radical (unpaired) electrons. The molecular formula is C11H11F3N2. The van der Waals surface area contributed by atoms with E-state index in [0.29, 0.717) is 5.56 Å². The van der Waals surface area contributed by atoms with Gasteiger partial charge in [-0.2, -0.15) is 18.4 Å². The smallest absolute Gasteiger partial charge is 0.320 e. The van der Waals surface area contributed by atoms with Crippen molar-refractivity contribution in [2.75, 3.05) is 0 Å². The molecule has 86 valence electrons. The molecule has 0 aliphatic rings. The fourth-order valence-corrected chi connectivity index (χ4v) is 1.23. The van der Waals surface area contributed by atoms with E-state index in [1.165, 1.54) is 0 Å². The van der Waals surface area contributed by atoms with Gasteiger partial charge in [0.1, 0.15) is 6.04 Å². The normalized spacial score (nSPS) is 13.2. The molecule has 1 rings (SSSR count). The van der Waals surface area contributed by atoms with E-state index in [1.807, 2.05) is 6.07 Å². The van der Waals surface area contributed by atoms with Gasteiger partial charge in [-0.1, -0.05) is 12.1 Å². The maximum Gasteiger partial charge on any atom is 0.403 e. The standard InChI is InChI=1S/C11H11F3N2/c12-11(13,14)10(16)6-5-8-1-3-9(7-15)4-2-8/h1-4,10H,5-6,16H2/t10-/m0/s1. The first-order chi connectivity index (χ1) is 7.43. The lowest BCUT2D eigenvalue weighted by molar-refractivity contribution is -0.148. The Morgan fingerprint density at radius 3 is 2.25 bits per heavy atom. The predicted molar refractivity (Wildman–Crippen MR) is 53.5 cm³/mol. The highest BCUT2D eigenvalue weighted by molar-refractivity contribution is 5.31. The second-order valence-electron chi connectivity index (χ2n) is 3.50. The van der Waals surface area contributed by atoms with E-state index in [4.69, 9.17) is 11.0 Å². The van der Waals surface area contributed by atoms with Crippen LogP contribution in [0.5, 0.6) is 0 Å². The summed E-state index contributed by atoms with van der Waals surface area (Å²) in [6, 6.07) is 6.59. The zero-order valence-corrected chi connectivity index (χ0v) is 8.46. The number of aryl methyl sites for hydroxylation is 1. The third-order valence-corrected chi connectivity index (χ3v) is 2.25. The molecule has 0 heterocycles. The molecule has 0 aliphatic heterocycles. The molecule has 0 unspecified atom stereocenters. The third-order valence-electron chi connectivity index (χ3n) is 2.25. The molecule has 0 amide bonds. The maximum atomic E-state index is 12.1. The molecule has 16 heavy (non-hydrogen) atoms. The van der Waals surface area contributed by atoms with E-state index in [2.05, 4.69) is 0 Å². The summed E-state index contributed by atoms with van der Waals surface area (Å²) in [6.45, 7) is 0. The second-order valence-corrected chi connectivity index (χ2v) is 3.50. The Bertz CT molecular complexity index is 376. The molecule has 0 aliphatic carbocycles. The van der Waals surface area contributed by atoms with Crippen LogP contribution in [-0.2, 0) is 6.42 Å². The molecule has 1 atom stereocenters. The van der Waals surface area contributed by atoms with Crippen molar-refractivity contribution in [3.05, 3.63) is 35.4 Å². The van der Waals surface area contributed by atoms with Gasteiger partial charge in [0.05, 0.1) is 11.6 Å². The van der Waals surface area contributed by atoms with E-state index < -0.39 is 12.2 Å². The fraction of sp³-hybridized carbons (Fsp3) is 0.364. The number of alkyl halides is 3. The molecule has 0 bridgehead atoms. The molecule has 2 N–H and O–H groups in total. The van der Waals surface area contributed by atoms with Crippen molar-refractivity contribution < 1.29 is 13.2 Å². The number of rotatable bonds is 3. The van der Waals surface area contributed by atoms with Gasteiger partial charge in [0.2, 0.25) is 0 Å². The summed E-state index contributed by atoms with van der Waals surface area (Å²) in [5.74, 6) is 0. The Hall–Kier alpha value is -1.54. The Morgan fingerprint density at radius 1 is 1.25 bits per heavy atom. The van der Waals surface area contributed by atoms with Crippen LogP contribution in [0.15, 0.2) is 24.3 Å². The minimum Gasteiger partial charge on any atom is -0.320 e. The molecule has 2 nitrogen and oxygen atoms in total. The first-order valence-electron chi connectivity index (χ1n) is 4.75. The van der Waals surface area contributed by atoms with Crippen molar-refractivity contribution in [2.24, 2.45) is 5.73 Å². The molecular weight excluding hydrogens is 217 g/mol. The summed E-state index contributed by atoms with van der Waals surface area (Å²) in [7, 11) is 0. The number of nitrogens with zero attached hydrogens (tertiary/aromatic N) is 1. The zero-order chi connectivity index (χ0) is 12.2. The van der Waals surface area contributed by atoms with E-state index in [9.17, 15) is 13.2 Å². The topological polar surface area (TPSA) is 49.8 Å². The van der Waals surface area contributed by atoms with Crippen molar-refractivity contribution in [1.29, 1.82) is 5.26 Å². The number of hydrogen-bond acceptors (Lipinski definition) is 2. The van der Waals surface area contributed by atoms with Gasteiger partial charge >= 0.3 is 6.18 Å². The van der Waals surface area contributed by atoms with E-state index in [1.54, 1.807) is 24.3 Å². The monoisotopic (exact) mass is 228 g/mol. The van der Waals surface area contributed by atoms with Crippen LogP contribution in [0.1, 0.15) is 17.5 Å². The van der Waals surface area contributed by atoms with E-state index >= 15 is 0 Å². The predicted octanol–water partition coefficient (Wildman–Crippen LogP) is 2.38. The summed E-state index contributed by atoms with van der Waals surface area (Å²) in [5.41, 5.74) is 6.22. The maximum absolute atomic E-state index is 12.1. The van der Waals surface area contributed by atoms with Crippen LogP contribution in [0, 0.1) is 11.3 Å². The number of nitrogens with two attached hydrogens (primary N) is 1. The summed E-state index contributed by atoms with van der Waals surface area (Å²) < 4.78 is 36.3. The van der Waals surface area contributed by atoms with Gasteiger partial charge in [-0.15, -0.1) is 0 Å². The van der Waals surface area contributed by atoms with Crippen molar-refractivity contribution in [2.45, 2.75) is 25.1 Å². The van der Waals surface area contributed by atoms with E-state index in [-0.39, 0.29) is 12.8 Å². The van der Waals surface area contributed by atoms with E-state index in [0.717, 1.165) is 5.56 Å². The largest absolute Gasteiger partial charge is 0.403 e. The molecule has 0 saturated heterocycles. The van der Waals surface area contributed by atoms with Crippen molar-refractivity contribution in [3.8, 4) is 6.07 Å². The molecule has 0 saturated carbocycles. The average molecular weight is 228 g/mol. The summed E-state index contributed by atoms with van der Waals surface area (Å²) >= 11 is 0. The van der Waals surface area contributed by atoms with Crippen LogP contribution < -0.4 is 5.73 Å². The highest BCUT2D eigenvalue weighted by Crippen LogP contribution is 2.21. The van der Waals surface area contributed by atoms with Crippen LogP contribution in [-0.4, -0.2) is 12.2 Å². The Morgan fingerprint density at radius 2 is 1.81 bits per heavy atom. The molecule has 1 aromatic rings. The SMILES string of the molecule is N#Cc1ccc(CC[C@H](N)C(F)(F)F)cc1. The highest BCUT2D eigenvalue weighted by Gasteiger charge is 2.35. The number of halogens is 3. The van der Waals surface area contributed by atoms with Gasteiger partial charge in [0.25, 0.3) is 0 Å². The van der Waals surface area contributed by atoms with Crippen molar-refractivity contribution in [1.82, 2.24) is 0 Å². The molecule has 0 aromatic heterocycles. The third kappa shape index (κ3) is 3.55. The molecule has 5 heteroatoms. The quantitative estimate of drug-likeness (QED) is 0.863. The van der Waals surface area contributed by atoms with Crippen LogP contribution in [0.25, 0.3) is 0 Å². The lowest BCUT2D eigenvalue weighted by Gasteiger charge is -2.15. The number of hydrogen-bond donors (Lipinski definition) is 1. The van der Waals surface area contributed by atoms with Crippen LogP contribution in [0.3, 0.4) is 0 Å². The van der Waals surface area contributed by atoms with Crippen LogP contribution in [0.4, 0.5) is 13.2 Å². The number of benzene rings is 1.